The lowest BCUT2D eigenvalue weighted by molar-refractivity contribution is -0.148. The van der Waals surface area contributed by atoms with Crippen molar-refractivity contribution in [1.29, 1.82) is 0 Å². The average molecular weight is 267 g/mol. The van der Waals surface area contributed by atoms with E-state index in [-0.39, 0.29) is 11.2 Å². The zero-order valence-electron chi connectivity index (χ0n) is 10.3. The molecule has 0 amide bonds. The third kappa shape index (κ3) is 3.00. The highest BCUT2D eigenvalue weighted by Gasteiger charge is 2.40. The van der Waals surface area contributed by atoms with Crippen LogP contribution >= 0.6 is 11.8 Å². The van der Waals surface area contributed by atoms with Gasteiger partial charge in [0.05, 0.1) is 7.11 Å². The summed E-state index contributed by atoms with van der Waals surface area (Å²) in [5, 5.41) is 1.00. The van der Waals surface area contributed by atoms with E-state index in [4.69, 9.17) is 10.5 Å². The largest absolute Gasteiger partial charge is 0.468 e. The third-order valence-electron chi connectivity index (χ3n) is 3.15. The Labute approximate surface area is 111 Å². The van der Waals surface area contributed by atoms with Crippen LogP contribution in [0.3, 0.4) is 0 Å². The highest BCUT2D eigenvalue weighted by Crippen LogP contribution is 2.36. The minimum Gasteiger partial charge on any atom is -0.468 e. The van der Waals surface area contributed by atoms with Gasteiger partial charge in [-0.15, -0.1) is 0 Å². The van der Waals surface area contributed by atoms with Crippen LogP contribution in [0.15, 0.2) is 23.6 Å². The van der Waals surface area contributed by atoms with Gasteiger partial charge in [0.25, 0.3) is 0 Å². The molecule has 2 rings (SSSR count). The van der Waals surface area contributed by atoms with Crippen molar-refractivity contribution in [2.75, 3.05) is 7.11 Å². The number of hydrogen-bond acceptors (Lipinski definition) is 6. The molecule has 0 aromatic carbocycles. The average Bonchev–Trinajstić information content (AvgIpc) is 2.39. The number of nitrogens with two attached hydrogens (primary N) is 1. The predicted molar refractivity (Wildman–Crippen MR) is 69.1 cm³/mol. The quantitative estimate of drug-likeness (QED) is 0.658. The molecular formula is C12H17N3O2S. The first-order valence-electron chi connectivity index (χ1n) is 5.95. The van der Waals surface area contributed by atoms with Crippen molar-refractivity contribution in [3.8, 4) is 0 Å². The van der Waals surface area contributed by atoms with E-state index < -0.39 is 5.54 Å². The van der Waals surface area contributed by atoms with Crippen LogP contribution in [0.1, 0.15) is 25.7 Å². The summed E-state index contributed by atoms with van der Waals surface area (Å²) < 4.78 is 4.79. The molecule has 2 unspecified atom stereocenters. The van der Waals surface area contributed by atoms with Crippen molar-refractivity contribution in [2.45, 2.75) is 41.6 Å². The van der Waals surface area contributed by atoms with Gasteiger partial charge in [0.15, 0.2) is 5.16 Å². The van der Waals surface area contributed by atoms with Crippen LogP contribution in [-0.2, 0) is 9.53 Å². The zero-order valence-corrected chi connectivity index (χ0v) is 11.2. The maximum absolute atomic E-state index is 11.7. The summed E-state index contributed by atoms with van der Waals surface area (Å²) in [4.78, 5) is 20.1. The van der Waals surface area contributed by atoms with Gasteiger partial charge in [0.1, 0.15) is 5.54 Å². The maximum Gasteiger partial charge on any atom is 0.325 e. The summed E-state index contributed by atoms with van der Waals surface area (Å²) in [7, 11) is 1.38. The molecule has 1 fully saturated rings. The number of esters is 1. The molecule has 1 saturated carbocycles. The zero-order chi connectivity index (χ0) is 13.0. The van der Waals surface area contributed by atoms with E-state index in [1.54, 1.807) is 30.2 Å². The Morgan fingerprint density at radius 2 is 2.28 bits per heavy atom. The predicted octanol–water partition coefficient (Wildman–Crippen LogP) is 1.38. The normalized spacial score (nSPS) is 27.8. The fourth-order valence-corrected chi connectivity index (χ4v) is 3.45. The standard InChI is InChI=1S/C12H17N3O2S/c1-17-10(16)12(13)5-2-4-9(8-12)18-11-14-6-3-7-15-11/h3,6-7,9H,2,4-5,8,13H2,1H3. The second kappa shape index (κ2) is 5.67. The van der Waals surface area contributed by atoms with Crippen molar-refractivity contribution in [2.24, 2.45) is 5.73 Å². The molecule has 1 aromatic rings. The molecule has 0 bridgehead atoms. The van der Waals surface area contributed by atoms with Crippen LogP contribution in [-0.4, -0.2) is 33.8 Å². The van der Waals surface area contributed by atoms with Gasteiger partial charge in [-0.1, -0.05) is 11.8 Å². The number of thioether (sulfide) groups is 1. The highest BCUT2D eigenvalue weighted by atomic mass is 32.2. The van der Waals surface area contributed by atoms with Gasteiger partial charge >= 0.3 is 5.97 Å². The number of carbonyl (C=O) groups is 1. The fraction of sp³-hybridized carbons (Fsp3) is 0.583. The SMILES string of the molecule is COC(=O)C1(N)CCCC(Sc2ncccn2)C1. The Kier molecular flexibility index (Phi) is 4.19. The number of rotatable bonds is 3. The van der Waals surface area contributed by atoms with E-state index in [1.807, 2.05) is 0 Å². The molecule has 0 radical (unpaired) electrons. The number of hydrogen-bond donors (Lipinski definition) is 1. The van der Waals surface area contributed by atoms with Gasteiger partial charge in [-0.25, -0.2) is 9.97 Å². The molecule has 0 aliphatic heterocycles. The maximum atomic E-state index is 11.7. The van der Waals surface area contributed by atoms with E-state index >= 15 is 0 Å². The first-order valence-corrected chi connectivity index (χ1v) is 6.83. The summed E-state index contributed by atoms with van der Waals surface area (Å²) in [6, 6.07) is 1.78. The van der Waals surface area contributed by atoms with E-state index in [9.17, 15) is 4.79 Å². The Balaban J connectivity index is 2.01. The van der Waals surface area contributed by atoms with Crippen molar-refractivity contribution in [3.05, 3.63) is 18.5 Å². The van der Waals surface area contributed by atoms with Crippen LogP contribution < -0.4 is 5.73 Å². The highest BCUT2D eigenvalue weighted by molar-refractivity contribution is 7.99. The summed E-state index contributed by atoms with van der Waals surface area (Å²) in [5.74, 6) is -0.318. The number of methoxy groups -OCH3 is 1. The Morgan fingerprint density at radius 3 is 2.94 bits per heavy atom. The van der Waals surface area contributed by atoms with Gasteiger partial charge in [-0.2, -0.15) is 0 Å². The van der Waals surface area contributed by atoms with Crippen LogP contribution in [0.2, 0.25) is 0 Å². The minimum absolute atomic E-state index is 0.269. The number of nitrogens with zero attached hydrogens (tertiary/aromatic N) is 2. The lowest BCUT2D eigenvalue weighted by Gasteiger charge is -2.34. The van der Waals surface area contributed by atoms with Gasteiger partial charge in [-0.05, 0) is 31.7 Å². The van der Waals surface area contributed by atoms with Crippen molar-refractivity contribution >= 4 is 17.7 Å². The summed E-state index contributed by atoms with van der Waals surface area (Å²) >= 11 is 1.58. The molecular weight excluding hydrogens is 250 g/mol. The van der Waals surface area contributed by atoms with Crippen LogP contribution in [0.25, 0.3) is 0 Å². The van der Waals surface area contributed by atoms with Gasteiger partial charge in [0, 0.05) is 17.6 Å². The minimum atomic E-state index is -0.848. The summed E-state index contributed by atoms with van der Waals surface area (Å²) in [6.45, 7) is 0. The molecule has 0 spiro atoms. The molecule has 6 heteroatoms. The molecule has 1 aliphatic rings. The van der Waals surface area contributed by atoms with Gasteiger partial charge < -0.3 is 10.5 Å². The molecule has 18 heavy (non-hydrogen) atoms. The second-order valence-electron chi connectivity index (χ2n) is 4.52. The van der Waals surface area contributed by atoms with Crippen molar-refractivity contribution in [3.63, 3.8) is 0 Å². The first-order chi connectivity index (χ1) is 8.64. The number of aromatic nitrogens is 2. The Bertz CT molecular complexity index is 415. The van der Waals surface area contributed by atoms with Crippen molar-refractivity contribution < 1.29 is 9.53 Å². The Hall–Kier alpha value is -1.14. The number of carbonyl (C=O) groups excluding carboxylic acids is 1. The molecule has 2 N–H and O–H groups in total. The molecule has 98 valence electrons. The summed E-state index contributed by atoms with van der Waals surface area (Å²) in [6.07, 6.45) is 6.69. The van der Waals surface area contributed by atoms with Crippen molar-refractivity contribution in [1.82, 2.24) is 9.97 Å². The van der Waals surface area contributed by atoms with Crippen LogP contribution in [0.4, 0.5) is 0 Å². The monoisotopic (exact) mass is 267 g/mol. The Morgan fingerprint density at radius 1 is 1.56 bits per heavy atom. The second-order valence-corrected chi connectivity index (χ2v) is 5.78. The van der Waals surface area contributed by atoms with Crippen LogP contribution in [0.5, 0.6) is 0 Å². The molecule has 0 saturated heterocycles. The van der Waals surface area contributed by atoms with E-state index in [0.717, 1.165) is 18.0 Å². The van der Waals surface area contributed by atoms with Gasteiger partial charge in [0.2, 0.25) is 0 Å². The molecule has 1 aliphatic carbocycles. The van der Waals surface area contributed by atoms with E-state index in [2.05, 4.69) is 9.97 Å². The topological polar surface area (TPSA) is 78.1 Å². The molecule has 1 heterocycles. The first kappa shape index (κ1) is 13.3. The molecule has 1 aromatic heterocycles. The lowest BCUT2D eigenvalue weighted by atomic mass is 9.82. The molecule has 5 nitrogen and oxygen atoms in total. The smallest absolute Gasteiger partial charge is 0.325 e. The lowest BCUT2D eigenvalue weighted by Crippen LogP contribution is -2.52. The fourth-order valence-electron chi connectivity index (χ4n) is 2.24. The molecule has 2 atom stereocenters. The van der Waals surface area contributed by atoms with Gasteiger partial charge in [-0.3, -0.25) is 4.79 Å². The third-order valence-corrected chi connectivity index (χ3v) is 4.30. The number of ether oxygens (including phenoxy) is 1. The van der Waals surface area contributed by atoms with E-state index in [1.165, 1.54) is 7.11 Å². The van der Waals surface area contributed by atoms with E-state index in [0.29, 0.717) is 12.8 Å². The summed E-state index contributed by atoms with van der Waals surface area (Å²) in [5.41, 5.74) is 5.28. The van der Waals surface area contributed by atoms with Crippen LogP contribution in [0, 0.1) is 0 Å².